The molecule has 0 aliphatic heterocycles. The minimum atomic E-state index is -3.62. The topological polar surface area (TPSA) is 66.5 Å². The van der Waals surface area contributed by atoms with E-state index < -0.39 is 10.0 Å². The van der Waals surface area contributed by atoms with Crippen molar-refractivity contribution in [3.05, 3.63) is 64.2 Å². The summed E-state index contributed by atoms with van der Waals surface area (Å²) in [4.78, 5) is 12.2. The Balaban J connectivity index is 2.11. The lowest BCUT2D eigenvalue weighted by Crippen LogP contribution is -2.40. The second-order valence-electron chi connectivity index (χ2n) is 5.97. The summed E-state index contributed by atoms with van der Waals surface area (Å²) in [5.41, 5.74) is 3.25. The average molecular weight is 381 g/mol. The van der Waals surface area contributed by atoms with Crippen molar-refractivity contribution in [2.45, 2.75) is 20.4 Å². The molecule has 2 rings (SSSR count). The van der Waals surface area contributed by atoms with E-state index in [0.717, 1.165) is 27.3 Å². The summed E-state index contributed by atoms with van der Waals surface area (Å²) >= 11 is 6.08. The number of aryl methyl sites for hydroxylation is 2. The fourth-order valence-corrected chi connectivity index (χ4v) is 3.37. The van der Waals surface area contributed by atoms with Gasteiger partial charge in [0.2, 0.25) is 15.9 Å². The van der Waals surface area contributed by atoms with Crippen LogP contribution < -0.4 is 9.62 Å². The lowest BCUT2D eigenvalue weighted by atomic mass is 10.1. The molecule has 0 unspecified atom stereocenters. The quantitative estimate of drug-likeness (QED) is 0.837. The van der Waals surface area contributed by atoms with Crippen LogP contribution >= 0.6 is 11.6 Å². The normalized spacial score (nSPS) is 11.2. The van der Waals surface area contributed by atoms with Crippen LogP contribution in [0, 0.1) is 13.8 Å². The summed E-state index contributed by atoms with van der Waals surface area (Å²) in [6, 6.07) is 12.7. The van der Waals surface area contributed by atoms with Crippen LogP contribution in [0.25, 0.3) is 0 Å². The number of hydrogen-bond acceptors (Lipinski definition) is 3. The van der Waals surface area contributed by atoms with Crippen LogP contribution in [-0.2, 0) is 21.4 Å². The van der Waals surface area contributed by atoms with Crippen LogP contribution in [0.1, 0.15) is 16.7 Å². The molecule has 0 aromatic heterocycles. The summed E-state index contributed by atoms with van der Waals surface area (Å²) < 4.78 is 25.2. The summed E-state index contributed by atoms with van der Waals surface area (Å²) in [5.74, 6) is -0.386. The third-order valence-corrected chi connectivity index (χ3v) is 5.25. The Morgan fingerprint density at radius 1 is 1.16 bits per heavy atom. The average Bonchev–Trinajstić information content (AvgIpc) is 2.52. The number of halogens is 1. The van der Waals surface area contributed by atoms with Crippen molar-refractivity contribution in [1.82, 2.24) is 5.32 Å². The van der Waals surface area contributed by atoms with E-state index in [9.17, 15) is 13.2 Å². The fraction of sp³-hybridized carbons (Fsp3) is 0.278. The van der Waals surface area contributed by atoms with Gasteiger partial charge in [-0.1, -0.05) is 47.5 Å². The van der Waals surface area contributed by atoms with Crippen LogP contribution in [0.4, 0.5) is 5.69 Å². The van der Waals surface area contributed by atoms with Gasteiger partial charge in [0.25, 0.3) is 0 Å². The molecule has 1 N–H and O–H groups in total. The summed E-state index contributed by atoms with van der Waals surface area (Å²) in [6.07, 6.45) is 1.06. The van der Waals surface area contributed by atoms with Gasteiger partial charge in [-0.05, 0) is 37.1 Å². The predicted molar refractivity (Wildman–Crippen MR) is 101 cm³/mol. The molecule has 0 saturated heterocycles. The van der Waals surface area contributed by atoms with E-state index in [1.165, 1.54) is 0 Å². The molecule has 7 heteroatoms. The highest BCUT2D eigenvalue weighted by molar-refractivity contribution is 7.92. The Labute approximate surface area is 153 Å². The van der Waals surface area contributed by atoms with E-state index in [2.05, 4.69) is 5.32 Å². The zero-order valence-electron chi connectivity index (χ0n) is 14.4. The molecule has 25 heavy (non-hydrogen) atoms. The van der Waals surface area contributed by atoms with Gasteiger partial charge in [-0.15, -0.1) is 0 Å². The molecule has 0 saturated carbocycles. The lowest BCUT2D eigenvalue weighted by molar-refractivity contribution is -0.119. The predicted octanol–water partition coefficient (Wildman–Crippen LogP) is 3.04. The first-order valence-electron chi connectivity index (χ1n) is 7.73. The third-order valence-electron chi connectivity index (χ3n) is 3.70. The molecule has 134 valence electrons. The van der Waals surface area contributed by atoms with Gasteiger partial charge >= 0.3 is 0 Å². The molecule has 0 spiro atoms. The number of carbonyl (C=O) groups excluding carboxylic acids is 1. The summed E-state index contributed by atoms with van der Waals surface area (Å²) in [6.45, 7) is 3.83. The number of sulfonamides is 1. The van der Waals surface area contributed by atoms with Crippen molar-refractivity contribution >= 4 is 33.2 Å². The number of hydrogen-bond donors (Lipinski definition) is 1. The SMILES string of the molecule is Cc1cccc(CNC(=O)CN(c2ccc(C)c(Cl)c2)S(C)(=O)=O)c1. The maximum Gasteiger partial charge on any atom is 0.241 e. The standard InChI is InChI=1S/C18H21ClN2O3S/c1-13-5-4-6-15(9-13)11-20-18(22)12-21(25(3,23)24)16-8-7-14(2)17(19)10-16/h4-10H,11-12H2,1-3H3,(H,20,22). The number of carbonyl (C=O) groups is 1. The van der Waals surface area contributed by atoms with Crippen molar-refractivity contribution < 1.29 is 13.2 Å². The highest BCUT2D eigenvalue weighted by Crippen LogP contribution is 2.24. The van der Waals surface area contributed by atoms with Crippen molar-refractivity contribution in [2.75, 3.05) is 17.1 Å². The molecule has 0 aliphatic carbocycles. The third kappa shape index (κ3) is 5.47. The van der Waals surface area contributed by atoms with Gasteiger partial charge in [-0.3, -0.25) is 9.10 Å². The Kier molecular flexibility index (Phi) is 6.08. The minimum absolute atomic E-state index is 0.302. The van der Waals surface area contributed by atoms with Crippen LogP contribution in [-0.4, -0.2) is 27.1 Å². The van der Waals surface area contributed by atoms with Crippen LogP contribution in [0.15, 0.2) is 42.5 Å². The number of nitrogens with one attached hydrogen (secondary N) is 1. The van der Waals surface area contributed by atoms with Gasteiger partial charge in [-0.2, -0.15) is 0 Å². The zero-order chi connectivity index (χ0) is 18.6. The van der Waals surface area contributed by atoms with Gasteiger partial charge in [-0.25, -0.2) is 8.42 Å². The van der Waals surface area contributed by atoms with E-state index in [1.807, 2.05) is 38.1 Å². The Morgan fingerprint density at radius 3 is 2.48 bits per heavy atom. The van der Waals surface area contributed by atoms with E-state index in [1.54, 1.807) is 18.2 Å². The minimum Gasteiger partial charge on any atom is -0.350 e. The first-order chi connectivity index (χ1) is 11.7. The zero-order valence-corrected chi connectivity index (χ0v) is 16.0. The number of rotatable bonds is 6. The Hall–Kier alpha value is -2.05. The number of nitrogens with zero attached hydrogens (tertiary/aromatic N) is 1. The van der Waals surface area contributed by atoms with Gasteiger partial charge in [0.1, 0.15) is 6.54 Å². The summed E-state index contributed by atoms with van der Waals surface area (Å²) in [7, 11) is -3.62. The molecule has 0 heterocycles. The molecule has 2 aromatic rings. The van der Waals surface area contributed by atoms with Crippen molar-refractivity contribution in [3.63, 3.8) is 0 Å². The molecule has 2 aromatic carbocycles. The maximum atomic E-state index is 12.2. The van der Waals surface area contributed by atoms with Crippen LogP contribution in [0.5, 0.6) is 0 Å². The highest BCUT2D eigenvalue weighted by atomic mass is 35.5. The van der Waals surface area contributed by atoms with Crippen LogP contribution in [0.2, 0.25) is 5.02 Å². The molecular weight excluding hydrogens is 360 g/mol. The first kappa shape index (κ1) is 19.3. The van der Waals surface area contributed by atoms with Gasteiger partial charge in [0.05, 0.1) is 11.9 Å². The van der Waals surface area contributed by atoms with Gasteiger partial charge < -0.3 is 5.32 Å². The largest absolute Gasteiger partial charge is 0.350 e. The molecule has 0 radical (unpaired) electrons. The van der Waals surface area contributed by atoms with Crippen LogP contribution in [0.3, 0.4) is 0 Å². The second-order valence-corrected chi connectivity index (χ2v) is 8.28. The molecule has 0 fully saturated rings. The highest BCUT2D eigenvalue weighted by Gasteiger charge is 2.21. The summed E-state index contributed by atoms with van der Waals surface area (Å²) in [5, 5.41) is 3.20. The van der Waals surface area contributed by atoms with Crippen molar-refractivity contribution in [1.29, 1.82) is 0 Å². The van der Waals surface area contributed by atoms with Crippen molar-refractivity contribution in [2.24, 2.45) is 0 Å². The Bertz CT molecular complexity index is 882. The van der Waals surface area contributed by atoms with E-state index >= 15 is 0 Å². The van der Waals surface area contributed by atoms with E-state index in [0.29, 0.717) is 17.3 Å². The number of amides is 1. The molecule has 5 nitrogen and oxygen atoms in total. The molecule has 0 bridgehead atoms. The number of anilines is 1. The maximum absolute atomic E-state index is 12.2. The fourth-order valence-electron chi connectivity index (χ4n) is 2.35. The van der Waals surface area contributed by atoms with Gasteiger partial charge in [0.15, 0.2) is 0 Å². The van der Waals surface area contributed by atoms with Crippen molar-refractivity contribution in [3.8, 4) is 0 Å². The first-order valence-corrected chi connectivity index (χ1v) is 9.95. The lowest BCUT2D eigenvalue weighted by Gasteiger charge is -2.22. The van der Waals surface area contributed by atoms with Gasteiger partial charge in [0, 0.05) is 11.6 Å². The van der Waals surface area contributed by atoms with E-state index in [4.69, 9.17) is 11.6 Å². The molecule has 0 aliphatic rings. The number of benzene rings is 2. The second kappa shape index (κ2) is 7.89. The molecule has 0 atom stereocenters. The Morgan fingerprint density at radius 2 is 1.88 bits per heavy atom. The molecule has 1 amide bonds. The monoisotopic (exact) mass is 380 g/mol. The molecular formula is C18H21ClN2O3S. The smallest absolute Gasteiger partial charge is 0.241 e. The van der Waals surface area contributed by atoms with E-state index in [-0.39, 0.29) is 12.5 Å².